The van der Waals surface area contributed by atoms with Gasteiger partial charge in [0.15, 0.2) is 0 Å². The molecular formula is C17H18N4O5. The zero-order valence-corrected chi connectivity index (χ0v) is 14.6. The third kappa shape index (κ3) is 4.32. The van der Waals surface area contributed by atoms with Gasteiger partial charge < -0.3 is 9.47 Å². The molecule has 9 nitrogen and oxygen atoms in total. The zero-order chi connectivity index (χ0) is 19.1. The van der Waals surface area contributed by atoms with Crippen molar-refractivity contribution in [3.8, 4) is 11.5 Å². The van der Waals surface area contributed by atoms with E-state index in [1.807, 2.05) is 19.1 Å². The Balaban J connectivity index is 2.17. The molecule has 0 aliphatic rings. The van der Waals surface area contributed by atoms with E-state index in [2.05, 4.69) is 15.5 Å². The lowest BCUT2D eigenvalue weighted by atomic mass is 10.1. The van der Waals surface area contributed by atoms with Crippen LogP contribution in [0.5, 0.6) is 11.5 Å². The van der Waals surface area contributed by atoms with Crippen LogP contribution in [-0.4, -0.2) is 36.2 Å². The molecule has 0 saturated carbocycles. The molecule has 1 heterocycles. The fourth-order valence-corrected chi connectivity index (χ4v) is 2.17. The Hall–Kier alpha value is -3.49. The fourth-order valence-electron chi connectivity index (χ4n) is 2.17. The SMILES string of the molecule is CCc1cc(OC)c(C=NNC(=O)c2ccc([N+](=O)[O-])cn2)c(OC)c1. The summed E-state index contributed by atoms with van der Waals surface area (Å²) in [5.74, 6) is 0.527. The van der Waals surface area contributed by atoms with Gasteiger partial charge in [-0.1, -0.05) is 6.92 Å². The lowest BCUT2D eigenvalue weighted by molar-refractivity contribution is -0.385. The quantitative estimate of drug-likeness (QED) is 0.461. The van der Waals surface area contributed by atoms with Crippen molar-refractivity contribution in [2.75, 3.05) is 14.2 Å². The van der Waals surface area contributed by atoms with Crippen molar-refractivity contribution in [2.45, 2.75) is 13.3 Å². The van der Waals surface area contributed by atoms with Crippen LogP contribution >= 0.6 is 0 Å². The number of hydrogen-bond acceptors (Lipinski definition) is 7. The number of nitrogens with zero attached hydrogens (tertiary/aromatic N) is 3. The van der Waals surface area contributed by atoms with Crippen LogP contribution in [0, 0.1) is 10.1 Å². The Bertz CT molecular complexity index is 809. The molecule has 0 aliphatic carbocycles. The number of methoxy groups -OCH3 is 2. The second-order valence-corrected chi connectivity index (χ2v) is 5.13. The minimum atomic E-state index is -0.598. The highest BCUT2D eigenvalue weighted by atomic mass is 16.6. The molecule has 2 aromatic rings. The summed E-state index contributed by atoms with van der Waals surface area (Å²) in [6.45, 7) is 2.01. The van der Waals surface area contributed by atoms with Crippen LogP contribution in [0.4, 0.5) is 5.69 Å². The molecule has 0 atom stereocenters. The van der Waals surface area contributed by atoms with Crippen LogP contribution in [0.15, 0.2) is 35.6 Å². The van der Waals surface area contributed by atoms with Gasteiger partial charge in [0.25, 0.3) is 11.6 Å². The van der Waals surface area contributed by atoms with E-state index in [9.17, 15) is 14.9 Å². The van der Waals surface area contributed by atoms with Gasteiger partial charge in [-0.15, -0.1) is 0 Å². The normalized spacial score (nSPS) is 10.6. The van der Waals surface area contributed by atoms with E-state index in [1.165, 1.54) is 32.6 Å². The topological polar surface area (TPSA) is 116 Å². The number of nitrogens with one attached hydrogen (secondary N) is 1. The molecule has 0 aliphatic heterocycles. The summed E-state index contributed by atoms with van der Waals surface area (Å²) in [5, 5.41) is 14.5. The first-order valence-corrected chi connectivity index (χ1v) is 7.68. The Labute approximate surface area is 149 Å². The fraction of sp³-hybridized carbons (Fsp3) is 0.235. The Morgan fingerprint density at radius 2 is 1.96 bits per heavy atom. The number of amides is 1. The zero-order valence-electron chi connectivity index (χ0n) is 14.6. The summed E-state index contributed by atoms with van der Waals surface area (Å²) in [5.41, 5.74) is 3.73. The van der Waals surface area contributed by atoms with E-state index in [-0.39, 0.29) is 11.4 Å². The Morgan fingerprint density at radius 3 is 2.42 bits per heavy atom. The summed E-state index contributed by atoms with van der Waals surface area (Å²) in [7, 11) is 3.07. The predicted octanol–water partition coefficient (Wildman–Crippen LogP) is 2.33. The number of hydrogen-bond donors (Lipinski definition) is 1. The number of pyridine rings is 1. The molecule has 0 radical (unpaired) electrons. The van der Waals surface area contributed by atoms with Gasteiger partial charge in [-0.25, -0.2) is 10.4 Å². The highest BCUT2D eigenvalue weighted by Gasteiger charge is 2.12. The van der Waals surface area contributed by atoms with Crippen molar-refractivity contribution >= 4 is 17.8 Å². The number of ether oxygens (including phenoxy) is 2. The van der Waals surface area contributed by atoms with Gasteiger partial charge in [0.1, 0.15) is 23.4 Å². The molecule has 1 N–H and O–H groups in total. The monoisotopic (exact) mass is 358 g/mol. The smallest absolute Gasteiger partial charge is 0.289 e. The molecule has 1 aromatic carbocycles. The number of carbonyl (C=O) groups is 1. The maximum Gasteiger partial charge on any atom is 0.289 e. The summed E-state index contributed by atoms with van der Waals surface area (Å²) >= 11 is 0. The Morgan fingerprint density at radius 1 is 1.31 bits per heavy atom. The summed E-state index contributed by atoms with van der Waals surface area (Å²) in [4.78, 5) is 25.7. The predicted molar refractivity (Wildman–Crippen MR) is 94.9 cm³/mol. The molecule has 1 amide bonds. The largest absolute Gasteiger partial charge is 0.496 e. The van der Waals surface area contributed by atoms with Gasteiger partial charge in [-0.2, -0.15) is 5.10 Å². The molecule has 1 aromatic heterocycles. The number of carbonyl (C=O) groups excluding carboxylic acids is 1. The van der Waals surface area contributed by atoms with E-state index < -0.39 is 10.8 Å². The van der Waals surface area contributed by atoms with Crippen LogP contribution in [0.2, 0.25) is 0 Å². The van der Waals surface area contributed by atoms with Crippen molar-refractivity contribution in [2.24, 2.45) is 5.10 Å². The van der Waals surface area contributed by atoms with Gasteiger partial charge in [-0.3, -0.25) is 14.9 Å². The van der Waals surface area contributed by atoms with Crippen LogP contribution in [0.3, 0.4) is 0 Å². The second kappa shape index (κ2) is 8.56. The van der Waals surface area contributed by atoms with Crippen molar-refractivity contribution in [3.05, 3.63) is 57.4 Å². The molecule has 0 unspecified atom stereocenters. The average Bonchev–Trinajstić information content (AvgIpc) is 2.67. The molecule has 0 saturated heterocycles. The first-order valence-electron chi connectivity index (χ1n) is 7.68. The van der Waals surface area contributed by atoms with Gasteiger partial charge in [0.2, 0.25) is 0 Å². The first-order chi connectivity index (χ1) is 12.5. The summed E-state index contributed by atoms with van der Waals surface area (Å²) in [6.07, 6.45) is 3.22. The highest BCUT2D eigenvalue weighted by molar-refractivity contribution is 5.94. The molecule has 136 valence electrons. The number of nitro groups is 1. The summed E-state index contributed by atoms with van der Waals surface area (Å²) < 4.78 is 10.7. The van der Waals surface area contributed by atoms with E-state index in [1.54, 1.807) is 0 Å². The van der Waals surface area contributed by atoms with E-state index >= 15 is 0 Å². The first kappa shape index (κ1) is 18.8. The van der Waals surface area contributed by atoms with Crippen molar-refractivity contribution in [1.29, 1.82) is 0 Å². The molecule has 9 heteroatoms. The third-order valence-electron chi connectivity index (χ3n) is 3.56. The van der Waals surface area contributed by atoms with Gasteiger partial charge in [0, 0.05) is 6.07 Å². The second-order valence-electron chi connectivity index (χ2n) is 5.13. The average molecular weight is 358 g/mol. The van der Waals surface area contributed by atoms with Gasteiger partial charge >= 0.3 is 0 Å². The van der Waals surface area contributed by atoms with Crippen LogP contribution in [0.1, 0.15) is 28.5 Å². The van der Waals surface area contributed by atoms with Crippen LogP contribution < -0.4 is 14.9 Å². The lowest BCUT2D eigenvalue weighted by Crippen LogP contribution is -2.19. The Kier molecular flexibility index (Phi) is 6.20. The van der Waals surface area contributed by atoms with Crippen molar-refractivity contribution in [1.82, 2.24) is 10.4 Å². The van der Waals surface area contributed by atoms with E-state index in [0.717, 1.165) is 18.2 Å². The number of aromatic nitrogens is 1. The summed E-state index contributed by atoms with van der Waals surface area (Å²) in [6, 6.07) is 6.18. The van der Waals surface area contributed by atoms with Gasteiger partial charge in [-0.05, 0) is 30.2 Å². The van der Waals surface area contributed by atoms with Crippen LogP contribution in [-0.2, 0) is 6.42 Å². The van der Waals surface area contributed by atoms with Gasteiger partial charge in [0.05, 0.1) is 30.9 Å². The highest BCUT2D eigenvalue weighted by Crippen LogP contribution is 2.29. The maximum atomic E-state index is 12.0. The number of hydrazone groups is 1. The van der Waals surface area contributed by atoms with Crippen molar-refractivity contribution in [3.63, 3.8) is 0 Å². The van der Waals surface area contributed by atoms with Crippen molar-refractivity contribution < 1.29 is 19.2 Å². The number of benzene rings is 1. The molecule has 26 heavy (non-hydrogen) atoms. The molecule has 2 rings (SSSR count). The lowest BCUT2D eigenvalue weighted by Gasteiger charge is -2.12. The molecule has 0 fully saturated rings. The maximum absolute atomic E-state index is 12.0. The molecule has 0 spiro atoms. The van der Waals surface area contributed by atoms with Crippen LogP contribution in [0.25, 0.3) is 0 Å². The standard InChI is InChI=1S/C17H18N4O5/c1-4-11-7-15(25-2)13(16(8-11)26-3)10-19-20-17(22)14-6-5-12(9-18-14)21(23)24/h5-10H,4H2,1-3H3,(H,20,22). The molecule has 0 bridgehead atoms. The van der Waals surface area contributed by atoms with E-state index in [0.29, 0.717) is 17.1 Å². The number of aryl methyl sites for hydroxylation is 1. The third-order valence-corrected chi connectivity index (χ3v) is 3.56. The minimum absolute atomic E-state index is 0.00742. The minimum Gasteiger partial charge on any atom is -0.496 e. The molecular weight excluding hydrogens is 340 g/mol. The van der Waals surface area contributed by atoms with E-state index in [4.69, 9.17) is 9.47 Å². The number of rotatable bonds is 7.